The maximum absolute atomic E-state index is 13.5. The molecule has 4 rings (SSSR count). The van der Waals surface area contributed by atoms with Crippen molar-refractivity contribution in [2.24, 2.45) is 0 Å². The lowest BCUT2D eigenvalue weighted by molar-refractivity contribution is -0.115. The Morgan fingerprint density at radius 1 is 0.838 bits per heavy atom. The van der Waals surface area contributed by atoms with Crippen LogP contribution in [0.25, 0.3) is 0 Å². The van der Waals surface area contributed by atoms with Crippen molar-refractivity contribution in [3.05, 3.63) is 118 Å². The molecule has 2 amide bonds. The van der Waals surface area contributed by atoms with Crippen LogP contribution in [0.4, 0.5) is 11.4 Å². The fourth-order valence-corrected chi connectivity index (χ4v) is 4.99. The van der Waals surface area contributed by atoms with E-state index in [1.165, 1.54) is 11.8 Å². The van der Waals surface area contributed by atoms with Crippen molar-refractivity contribution < 1.29 is 14.3 Å². The fourth-order valence-electron chi connectivity index (χ4n) is 3.81. The summed E-state index contributed by atoms with van der Waals surface area (Å²) in [5.74, 6) is 0.148. The van der Waals surface area contributed by atoms with Crippen LogP contribution in [0.2, 0.25) is 5.02 Å². The normalized spacial score (nSPS) is 11.5. The third-order valence-electron chi connectivity index (χ3n) is 5.83. The Labute approximate surface area is 226 Å². The van der Waals surface area contributed by atoms with Crippen LogP contribution in [-0.2, 0) is 4.79 Å². The molecule has 188 valence electrons. The van der Waals surface area contributed by atoms with Gasteiger partial charge in [-0.3, -0.25) is 9.59 Å². The van der Waals surface area contributed by atoms with Gasteiger partial charge in [-0.05, 0) is 66.9 Å². The lowest BCUT2D eigenvalue weighted by Gasteiger charge is -2.19. The Kier molecular flexibility index (Phi) is 8.54. The number of amides is 2. The van der Waals surface area contributed by atoms with E-state index >= 15 is 0 Å². The highest BCUT2D eigenvalue weighted by atomic mass is 35.5. The number of methoxy groups -OCH3 is 1. The van der Waals surface area contributed by atoms with E-state index in [2.05, 4.69) is 10.6 Å². The standard InChI is InChI=1S/C30H27ClN2O3S/c1-19-9-7-8-12-24(19)29(34)32-22-13-15-23(16-14-22)37-28(21-10-5-4-6-11-21)30(35)33-26-17-20(2)25(31)18-27(26)36-3/h4-18,28H,1-3H3,(H,32,34)(H,33,35). The second-order valence-corrected chi connectivity index (χ2v) is 10.1. The second kappa shape index (κ2) is 12.0. The molecule has 0 aliphatic rings. The van der Waals surface area contributed by atoms with Gasteiger partial charge in [0.25, 0.3) is 5.91 Å². The zero-order valence-electron chi connectivity index (χ0n) is 20.7. The molecule has 1 unspecified atom stereocenters. The molecule has 0 aliphatic carbocycles. The summed E-state index contributed by atoms with van der Waals surface area (Å²) in [7, 11) is 1.54. The van der Waals surface area contributed by atoms with Crippen LogP contribution in [0.15, 0.2) is 95.9 Å². The molecule has 4 aromatic rings. The predicted octanol–water partition coefficient (Wildman–Crippen LogP) is 7.69. The lowest BCUT2D eigenvalue weighted by Crippen LogP contribution is -2.19. The molecule has 1 atom stereocenters. The molecule has 0 saturated carbocycles. The number of ether oxygens (including phenoxy) is 1. The number of halogens is 1. The Bertz CT molecular complexity index is 1410. The largest absolute Gasteiger partial charge is 0.495 e. The summed E-state index contributed by atoms with van der Waals surface area (Å²) in [4.78, 5) is 27.0. The van der Waals surface area contributed by atoms with Crippen LogP contribution in [0.5, 0.6) is 5.75 Å². The number of nitrogens with one attached hydrogen (secondary N) is 2. The van der Waals surface area contributed by atoms with E-state index in [-0.39, 0.29) is 11.8 Å². The summed E-state index contributed by atoms with van der Waals surface area (Å²) in [6, 6.07) is 28.0. The Balaban J connectivity index is 1.53. The number of aryl methyl sites for hydroxylation is 2. The molecule has 2 N–H and O–H groups in total. The van der Waals surface area contributed by atoms with Crippen molar-refractivity contribution in [3.8, 4) is 5.75 Å². The number of carbonyl (C=O) groups is 2. The summed E-state index contributed by atoms with van der Waals surface area (Å²) in [5.41, 5.74) is 4.49. The smallest absolute Gasteiger partial charge is 0.255 e. The second-order valence-electron chi connectivity index (χ2n) is 8.49. The average molecular weight is 531 g/mol. The van der Waals surface area contributed by atoms with Crippen LogP contribution < -0.4 is 15.4 Å². The van der Waals surface area contributed by atoms with Gasteiger partial charge in [0.05, 0.1) is 12.8 Å². The quantitative estimate of drug-likeness (QED) is 0.229. The molecule has 0 saturated heterocycles. The van der Waals surface area contributed by atoms with Crippen molar-refractivity contribution in [1.29, 1.82) is 0 Å². The van der Waals surface area contributed by atoms with Crippen molar-refractivity contribution >= 4 is 46.6 Å². The number of hydrogen-bond donors (Lipinski definition) is 2. The van der Waals surface area contributed by atoms with Gasteiger partial charge >= 0.3 is 0 Å². The van der Waals surface area contributed by atoms with Gasteiger partial charge in [-0.25, -0.2) is 0 Å². The van der Waals surface area contributed by atoms with Gasteiger partial charge in [-0.15, -0.1) is 11.8 Å². The Hall–Kier alpha value is -3.74. The summed E-state index contributed by atoms with van der Waals surface area (Å²) in [6.45, 7) is 3.78. The van der Waals surface area contributed by atoms with Crippen molar-refractivity contribution in [1.82, 2.24) is 0 Å². The lowest BCUT2D eigenvalue weighted by atomic mass is 10.1. The highest BCUT2D eigenvalue weighted by Gasteiger charge is 2.23. The molecule has 4 aromatic carbocycles. The Morgan fingerprint density at radius 3 is 2.19 bits per heavy atom. The van der Waals surface area contributed by atoms with E-state index < -0.39 is 5.25 Å². The van der Waals surface area contributed by atoms with Gasteiger partial charge in [-0.1, -0.05) is 60.1 Å². The predicted molar refractivity (Wildman–Crippen MR) is 152 cm³/mol. The van der Waals surface area contributed by atoms with Gasteiger partial charge in [0.1, 0.15) is 11.0 Å². The molecule has 37 heavy (non-hydrogen) atoms. The van der Waals surface area contributed by atoms with Crippen LogP contribution >= 0.6 is 23.4 Å². The number of thioether (sulfide) groups is 1. The van der Waals surface area contributed by atoms with Crippen LogP contribution in [0, 0.1) is 13.8 Å². The topological polar surface area (TPSA) is 67.4 Å². The van der Waals surface area contributed by atoms with E-state index in [9.17, 15) is 9.59 Å². The van der Waals surface area contributed by atoms with Crippen molar-refractivity contribution in [3.63, 3.8) is 0 Å². The maximum atomic E-state index is 13.5. The number of carbonyl (C=O) groups excluding carboxylic acids is 2. The molecule has 0 aliphatic heterocycles. The number of benzene rings is 4. The highest BCUT2D eigenvalue weighted by molar-refractivity contribution is 8.00. The first-order chi connectivity index (χ1) is 17.9. The Morgan fingerprint density at radius 2 is 1.51 bits per heavy atom. The van der Waals surface area contributed by atoms with Gasteiger partial charge < -0.3 is 15.4 Å². The van der Waals surface area contributed by atoms with E-state index in [1.54, 1.807) is 25.3 Å². The third kappa shape index (κ3) is 6.53. The zero-order valence-corrected chi connectivity index (χ0v) is 22.3. The van der Waals surface area contributed by atoms with E-state index in [4.69, 9.17) is 16.3 Å². The van der Waals surface area contributed by atoms with Gasteiger partial charge in [0.2, 0.25) is 5.91 Å². The first kappa shape index (κ1) is 26.3. The SMILES string of the molecule is COc1cc(Cl)c(C)cc1NC(=O)C(Sc1ccc(NC(=O)c2ccccc2C)cc1)c1ccccc1. The van der Waals surface area contributed by atoms with E-state index in [1.807, 2.05) is 86.6 Å². The summed E-state index contributed by atoms with van der Waals surface area (Å²) >= 11 is 7.66. The van der Waals surface area contributed by atoms with E-state index in [0.29, 0.717) is 27.7 Å². The zero-order chi connectivity index (χ0) is 26.4. The van der Waals surface area contributed by atoms with E-state index in [0.717, 1.165) is 21.6 Å². The minimum atomic E-state index is -0.519. The molecule has 0 bridgehead atoms. The van der Waals surface area contributed by atoms with Crippen molar-refractivity contribution in [2.45, 2.75) is 24.0 Å². The number of anilines is 2. The summed E-state index contributed by atoms with van der Waals surface area (Å²) in [6.07, 6.45) is 0. The molecule has 0 fully saturated rings. The number of rotatable bonds is 8. The fraction of sp³-hybridized carbons (Fsp3) is 0.133. The molecule has 5 nitrogen and oxygen atoms in total. The monoisotopic (exact) mass is 530 g/mol. The maximum Gasteiger partial charge on any atom is 0.255 e. The average Bonchev–Trinajstić information content (AvgIpc) is 2.90. The molecule has 0 spiro atoms. The molecule has 7 heteroatoms. The first-order valence-corrected chi connectivity index (χ1v) is 12.9. The van der Waals surface area contributed by atoms with Crippen molar-refractivity contribution in [2.75, 3.05) is 17.7 Å². The van der Waals surface area contributed by atoms with Crippen LogP contribution in [0.3, 0.4) is 0 Å². The molecule has 0 aromatic heterocycles. The first-order valence-electron chi connectivity index (χ1n) is 11.7. The van der Waals surface area contributed by atoms with Crippen LogP contribution in [-0.4, -0.2) is 18.9 Å². The summed E-state index contributed by atoms with van der Waals surface area (Å²) < 4.78 is 5.43. The third-order valence-corrected chi connectivity index (χ3v) is 7.51. The molecular weight excluding hydrogens is 504 g/mol. The number of hydrogen-bond acceptors (Lipinski definition) is 4. The van der Waals surface area contributed by atoms with Gasteiger partial charge in [-0.2, -0.15) is 0 Å². The highest BCUT2D eigenvalue weighted by Crippen LogP contribution is 2.38. The molecule has 0 heterocycles. The molecule has 0 radical (unpaired) electrons. The van der Waals surface area contributed by atoms with Gasteiger partial charge in [0, 0.05) is 27.2 Å². The minimum absolute atomic E-state index is 0.160. The summed E-state index contributed by atoms with van der Waals surface area (Å²) in [5, 5.41) is 5.99. The van der Waals surface area contributed by atoms with Gasteiger partial charge in [0.15, 0.2) is 0 Å². The molecular formula is C30H27ClN2O3S. The minimum Gasteiger partial charge on any atom is -0.495 e. The van der Waals surface area contributed by atoms with Crippen LogP contribution in [0.1, 0.15) is 32.3 Å².